The number of ketones is 3. The molecule has 0 fully saturated rings. The molecule has 0 amide bonds. The molecule has 0 aliphatic heterocycles. The Morgan fingerprint density at radius 2 is 1.05 bits per heavy atom. The second-order valence-corrected chi connectivity index (χ2v) is 8.31. The number of carbonyl (C=O) groups excluding carboxylic acids is 3. The summed E-state index contributed by atoms with van der Waals surface area (Å²) < 4.78 is 0. The largest absolute Gasteiger partial charge is 1.00 e. The molecule has 206 valence electrons. The van der Waals surface area contributed by atoms with Gasteiger partial charge in [0.2, 0.25) is 0 Å². The summed E-state index contributed by atoms with van der Waals surface area (Å²) in [6, 6.07) is 20.5. The number of nitrogens with two attached hydrogens (primary N) is 1. The fourth-order valence-corrected chi connectivity index (χ4v) is 3.45. The average molecular weight is 700 g/mol. The maximum absolute atomic E-state index is 11.3. The number of Topliss-reactive ketones (excluding diaryl/α,β-unsaturated/α-hetero) is 3. The zero-order valence-corrected chi connectivity index (χ0v) is 27.6. The molecule has 0 aromatic heterocycles. The van der Waals surface area contributed by atoms with Crippen LogP contribution in [-0.2, 0) is 0 Å². The molecular formula is C24H21BrCl4N7NaO3. The van der Waals surface area contributed by atoms with Crippen LogP contribution in [0.15, 0.2) is 77.9 Å². The first-order valence-corrected chi connectivity index (χ1v) is 12.5. The topological polar surface area (TPSA) is 185 Å². The molecule has 40 heavy (non-hydrogen) atoms. The molecule has 0 saturated carbocycles. The van der Waals surface area contributed by atoms with E-state index in [2.05, 4.69) is 26.0 Å². The van der Waals surface area contributed by atoms with Crippen LogP contribution in [0, 0.1) is 0 Å². The summed E-state index contributed by atoms with van der Waals surface area (Å²) in [5, 5.41) is 4.83. The van der Waals surface area contributed by atoms with Crippen molar-refractivity contribution in [3.63, 3.8) is 0 Å². The monoisotopic (exact) mass is 697 g/mol. The first-order valence-electron chi connectivity index (χ1n) is 10.3. The number of alkyl halides is 1. The fraction of sp³-hybridized carbons (Fsp3) is 0.125. The molecule has 0 aliphatic carbocycles. The maximum Gasteiger partial charge on any atom is 1.00 e. The van der Waals surface area contributed by atoms with Gasteiger partial charge in [0, 0.05) is 21.6 Å². The van der Waals surface area contributed by atoms with E-state index in [0.29, 0.717) is 37.1 Å². The molecule has 0 atom stereocenters. The number of benzene rings is 3. The van der Waals surface area contributed by atoms with E-state index in [-0.39, 0.29) is 72.4 Å². The van der Waals surface area contributed by atoms with Crippen LogP contribution in [-0.4, -0.2) is 35.8 Å². The normalized spacial score (nSPS) is 8.43. The van der Waals surface area contributed by atoms with Crippen LogP contribution in [0.3, 0.4) is 0 Å². The van der Waals surface area contributed by atoms with Crippen molar-refractivity contribution in [2.75, 3.05) is 18.4 Å². The van der Waals surface area contributed by atoms with Gasteiger partial charge in [0.05, 0.1) is 33.5 Å². The molecule has 3 rings (SSSR count). The molecule has 0 heterocycles. The van der Waals surface area contributed by atoms with Crippen molar-refractivity contribution in [3.8, 4) is 0 Å². The molecule has 3 aromatic carbocycles. The van der Waals surface area contributed by atoms with E-state index in [1.807, 2.05) is 0 Å². The molecule has 2 N–H and O–H groups in total. The van der Waals surface area contributed by atoms with E-state index in [9.17, 15) is 14.4 Å². The van der Waals surface area contributed by atoms with E-state index in [1.54, 1.807) is 72.8 Å². The molecular weight excluding hydrogens is 679 g/mol. The number of halogens is 5. The standard InChI is InChI=1S/C8H6BrClO.C8H6ClN3O.C8H8ClNO.ClH.N3.Na/c9-5-8(11)6-3-1-2-4-7(6)10;9-7-4-2-1-3-6(7)8(13)5-11-12-10;9-7-4-2-1-3-6(7)8(11)5-10;;1-3-2;/h1-4H,5H2;1-4H,5H2;1-4H,5,10H2;1H;;/q;;;;-1;+1. The zero-order chi connectivity index (χ0) is 28.9. The van der Waals surface area contributed by atoms with E-state index in [4.69, 9.17) is 57.1 Å². The molecule has 16 heteroatoms. The molecule has 0 saturated heterocycles. The summed E-state index contributed by atoms with van der Waals surface area (Å²) in [4.78, 5) is 37.4. The number of nitrogens with zero attached hydrogens (tertiary/aromatic N) is 6. The summed E-state index contributed by atoms with van der Waals surface area (Å²) >= 11 is 20.3. The van der Waals surface area contributed by atoms with Crippen molar-refractivity contribution >= 4 is 80.5 Å². The van der Waals surface area contributed by atoms with Crippen LogP contribution in [0.1, 0.15) is 31.1 Å². The first-order chi connectivity index (χ1) is 18.2. The van der Waals surface area contributed by atoms with E-state index in [0.717, 1.165) is 0 Å². The smallest absolute Gasteiger partial charge is 0.373 e. The number of carbonyl (C=O) groups is 3. The second kappa shape index (κ2) is 25.8. The van der Waals surface area contributed by atoms with Crippen molar-refractivity contribution in [3.05, 3.63) is 131 Å². The van der Waals surface area contributed by atoms with Crippen molar-refractivity contribution in [1.82, 2.24) is 0 Å². The predicted molar refractivity (Wildman–Crippen MR) is 162 cm³/mol. The third-order valence-electron chi connectivity index (χ3n) is 4.11. The number of hydrogen-bond acceptors (Lipinski definition) is 5. The maximum atomic E-state index is 11.3. The Bertz CT molecular complexity index is 1270. The summed E-state index contributed by atoms with van der Waals surface area (Å²) in [7, 11) is 0. The van der Waals surface area contributed by atoms with Gasteiger partial charge in [-0.25, -0.2) is 0 Å². The minimum absolute atomic E-state index is 0. The van der Waals surface area contributed by atoms with Gasteiger partial charge < -0.3 is 16.8 Å². The van der Waals surface area contributed by atoms with Crippen molar-refractivity contribution < 1.29 is 43.9 Å². The fourth-order valence-electron chi connectivity index (χ4n) is 2.42. The summed E-state index contributed by atoms with van der Waals surface area (Å²) in [6.45, 7) is -0.191. The van der Waals surface area contributed by atoms with Crippen molar-refractivity contribution in [2.24, 2.45) is 10.8 Å². The van der Waals surface area contributed by atoms with Gasteiger partial charge in [0.25, 0.3) is 0 Å². The predicted octanol–water partition coefficient (Wildman–Crippen LogP) is 5.52. The minimum atomic E-state index is -0.275. The van der Waals surface area contributed by atoms with Gasteiger partial charge in [-0.1, -0.05) is 92.2 Å². The van der Waals surface area contributed by atoms with Gasteiger partial charge in [-0.3, -0.25) is 19.3 Å². The minimum Gasteiger partial charge on any atom is -0.373 e. The van der Waals surface area contributed by atoms with Gasteiger partial charge in [-0.05, 0) is 41.9 Å². The van der Waals surface area contributed by atoms with Crippen molar-refractivity contribution in [2.45, 2.75) is 0 Å². The van der Waals surface area contributed by atoms with Gasteiger partial charge in [0.15, 0.2) is 17.3 Å². The SMILES string of the molecule is Cl.NCC(=O)c1ccccc1Cl.O=C(CBr)c1ccccc1Cl.[N-]=[N+]=NCC(=O)c1ccccc1Cl.[N-]=[N+]=[N-].[Na+]. The Kier molecular flexibility index (Phi) is 27.4. The molecule has 10 nitrogen and oxygen atoms in total. The number of azide groups is 1. The van der Waals surface area contributed by atoms with Crippen LogP contribution in [0.25, 0.3) is 26.4 Å². The Morgan fingerprint density at radius 3 is 1.35 bits per heavy atom. The van der Waals surface area contributed by atoms with Crippen LogP contribution in [0.2, 0.25) is 15.1 Å². The molecule has 0 spiro atoms. The zero-order valence-electron chi connectivity index (χ0n) is 21.0. The number of rotatable bonds is 7. The quantitative estimate of drug-likeness (QED) is 0.0850. The average Bonchev–Trinajstić information content (AvgIpc) is 2.93. The molecule has 0 unspecified atom stereocenters. The van der Waals surface area contributed by atoms with Crippen LogP contribution >= 0.6 is 63.1 Å². The van der Waals surface area contributed by atoms with Gasteiger partial charge in [-0.2, -0.15) is 0 Å². The molecule has 3 aromatic rings. The van der Waals surface area contributed by atoms with E-state index < -0.39 is 0 Å². The summed E-state index contributed by atoms with van der Waals surface area (Å²) in [5.74, 6) is -0.394. The molecule has 0 aliphatic rings. The van der Waals surface area contributed by atoms with Gasteiger partial charge in [-0.15, -0.1) is 12.4 Å². The number of hydrogen-bond donors (Lipinski definition) is 1. The Hall–Kier alpha value is -2.11. The van der Waals surface area contributed by atoms with Crippen molar-refractivity contribution in [1.29, 1.82) is 0 Å². The molecule has 0 radical (unpaired) electrons. The van der Waals surface area contributed by atoms with E-state index >= 15 is 0 Å². The Morgan fingerprint density at radius 1 is 0.725 bits per heavy atom. The van der Waals surface area contributed by atoms with Crippen LogP contribution in [0.5, 0.6) is 0 Å². The third kappa shape index (κ3) is 16.9. The van der Waals surface area contributed by atoms with Gasteiger partial charge in [0.1, 0.15) is 0 Å². The van der Waals surface area contributed by atoms with Gasteiger partial charge >= 0.3 is 29.6 Å². The summed E-state index contributed by atoms with van der Waals surface area (Å²) in [5.41, 5.74) is 28.1. The molecule has 0 bridgehead atoms. The van der Waals surface area contributed by atoms with Crippen LogP contribution in [0.4, 0.5) is 0 Å². The third-order valence-corrected chi connectivity index (χ3v) is 5.61. The van der Waals surface area contributed by atoms with Crippen LogP contribution < -0.4 is 35.3 Å². The second-order valence-electron chi connectivity index (χ2n) is 6.53. The Labute approximate surface area is 282 Å². The first kappa shape index (κ1) is 42.4. The van der Waals surface area contributed by atoms with E-state index in [1.165, 1.54) is 4.91 Å². The Balaban J connectivity index is -0.000000479. The summed E-state index contributed by atoms with van der Waals surface area (Å²) in [6.07, 6.45) is 0.